The predicted molar refractivity (Wildman–Crippen MR) is 57.4 cm³/mol. The molecule has 1 heterocycles. The van der Waals surface area contributed by atoms with Crippen LogP contribution in [0, 0.1) is 5.82 Å². The van der Waals surface area contributed by atoms with Crippen molar-refractivity contribution in [3.63, 3.8) is 0 Å². The van der Waals surface area contributed by atoms with Gasteiger partial charge in [-0.15, -0.1) is 0 Å². The first kappa shape index (κ1) is 10.2. The van der Waals surface area contributed by atoms with Crippen LogP contribution in [0.2, 0.25) is 0 Å². The van der Waals surface area contributed by atoms with Gasteiger partial charge in [0.05, 0.1) is 0 Å². The Balaban J connectivity index is 2.34. The van der Waals surface area contributed by atoms with Crippen molar-refractivity contribution in [2.24, 2.45) is 0 Å². The third kappa shape index (κ3) is 2.35. The zero-order valence-electron chi connectivity index (χ0n) is 8.08. The van der Waals surface area contributed by atoms with E-state index < -0.39 is 17.1 Å². The van der Waals surface area contributed by atoms with Gasteiger partial charge >= 0.3 is 5.69 Å². The number of aromatic nitrogens is 2. The maximum atomic E-state index is 12.8. The number of hydrogen-bond donors (Lipinski definition) is 3. The van der Waals surface area contributed by atoms with Crippen LogP contribution in [-0.2, 0) is 0 Å². The van der Waals surface area contributed by atoms with Crippen LogP contribution in [0.15, 0.2) is 39.9 Å². The number of halogens is 1. The van der Waals surface area contributed by atoms with Gasteiger partial charge in [0, 0.05) is 11.8 Å². The van der Waals surface area contributed by atoms with E-state index in [-0.39, 0.29) is 5.82 Å². The summed E-state index contributed by atoms with van der Waals surface area (Å²) in [5, 5.41) is 2.71. The molecule has 0 atom stereocenters. The molecule has 2 aromatic rings. The summed E-state index contributed by atoms with van der Waals surface area (Å²) in [7, 11) is 0. The Bertz CT molecular complexity index is 589. The van der Waals surface area contributed by atoms with Gasteiger partial charge in [-0.25, -0.2) is 9.18 Å². The number of anilines is 2. The summed E-state index contributed by atoms with van der Waals surface area (Å²) in [6.45, 7) is 0. The molecular weight excluding hydrogens is 213 g/mol. The third-order valence-corrected chi connectivity index (χ3v) is 1.86. The van der Waals surface area contributed by atoms with Crippen LogP contribution in [0.4, 0.5) is 15.9 Å². The molecule has 0 saturated heterocycles. The maximum Gasteiger partial charge on any atom is 0.327 e. The summed E-state index contributed by atoms with van der Waals surface area (Å²) in [6.07, 6.45) is 0. The first-order chi connectivity index (χ1) is 7.63. The summed E-state index contributed by atoms with van der Waals surface area (Å²) < 4.78 is 12.8. The molecule has 6 heteroatoms. The molecule has 0 bridgehead atoms. The molecule has 1 aromatic carbocycles. The molecule has 5 nitrogen and oxygen atoms in total. The standard InChI is InChI=1S/C10H8FN3O2/c11-6-2-1-3-7(4-6)12-8-5-9(15)14-10(16)13-8/h1-5H,(H3,12,13,14,15,16). The van der Waals surface area contributed by atoms with Gasteiger partial charge in [-0.3, -0.25) is 14.8 Å². The van der Waals surface area contributed by atoms with E-state index in [1.807, 2.05) is 4.98 Å². The molecule has 2 rings (SSSR count). The SMILES string of the molecule is O=c1cc(Nc2cccc(F)c2)[nH]c(=O)[nH]1. The van der Waals surface area contributed by atoms with Gasteiger partial charge in [-0.1, -0.05) is 6.07 Å². The van der Waals surface area contributed by atoms with Crippen LogP contribution >= 0.6 is 0 Å². The fourth-order valence-corrected chi connectivity index (χ4v) is 1.26. The van der Waals surface area contributed by atoms with Gasteiger partial charge < -0.3 is 5.32 Å². The summed E-state index contributed by atoms with van der Waals surface area (Å²) in [6, 6.07) is 6.85. The lowest BCUT2D eigenvalue weighted by Gasteiger charge is -2.04. The van der Waals surface area contributed by atoms with E-state index >= 15 is 0 Å². The maximum absolute atomic E-state index is 12.8. The molecule has 16 heavy (non-hydrogen) atoms. The summed E-state index contributed by atoms with van der Waals surface area (Å²) in [5.41, 5.74) is -0.699. The molecule has 0 saturated carbocycles. The minimum absolute atomic E-state index is 0.208. The second kappa shape index (κ2) is 4.01. The van der Waals surface area contributed by atoms with E-state index in [0.29, 0.717) is 5.69 Å². The van der Waals surface area contributed by atoms with E-state index in [4.69, 9.17) is 0 Å². The fourth-order valence-electron chi connectivity index (χ4n) is 1.26. The highest BCUT2D eigenvalue weighted by Gasteiger charge is 1.98. The zero-order valence-corrected chi connectivity index (χ0v) is 8.08. The van der Waals surface area contributed by atoms with Crippen molar-refractivity contribution in [2.45, 2.75) is 0 Å². The molecule has 82 valence electrons. The van der Waals surface area contributed by atoms with Crippen molar-refractivity contribution in [3.05, 3.63) is 57.0 Å². The Morgan fingerprint density at radius 2 is 1.94 bits per heavy atom. The Labute approximate surface area is 89.0 Å². The van der Waals surface area contributed by atoms with E-state index in [2.05, 4.69) is 10.3 Å². The minimum atomic E-state index is -0.619. The van der Waals surface area contributed by atoms with E-state index in [9.17, 15) is 14.0 Å². The summed E-state index contributed by atoms with van der Waals surface area (Å²) in [4.78, 5) is 26.3. The largest absolute Gasteiger partial charge is 0.341 e. The summed E-state index contributed by atoms with van der Waals surface area (Å²) in [5.74, 6) is -0.198. The molecule has 0 fully saturated rings. The number of rotatable bonds is 2. The second-order valence-corrected chi connectivity index (χ2v) is 3.14. The van der Waals surface area contributed by atoms with Gasteiger partial charge in [0.1, 0.15) is 11.6 Å². The van der Waals surface area contributed by atoms with E-state index in [1.165, 1.54) is 24.3 Å². The van der Waals surface area contributed by atoms with Crippen LogP contribution in [0.3, 0.4) is 0 Å². The van der Waals surface area contributed by atoms with Crippen LogP contribution in [0.5, 0.6) is 0 Å². The first-order valence-corrected chi connectivity index (χ1v) is 4.50. The van der Waals surface area contributed by atoms with Crippen LogP contribution in [0.25, 0.3) is 0 Å². The average Bonchev–Trinajstić information content (AvgIpc) is 2.15. The number of benzene rings is 1. The minimum Gasteiger partial charge on any atom is -0.341 e. The number of aromatic amines is 2. The van der Waals surface area contributed by atoms with Crippen molar-refractivity contribution >= 4 is 11.5 Å². The lowest BCUT2D eigenvalue weighted by Crippen LogP contribution is -2.22. The van der Waals surface area contributed by atoms with Crippen molar-refractivity contribution in [1.29, 1.82) is 0 Å². The van der Waals surface area contributed by atoms with Crippen molar-refractivity contribution < 1.29 is 4.39 Å². The normalized spacial score (nSPS) is 10.1. The van der Waals surface area contributed by atoms with E-state index in [0.717, 1.165) is 0 Å². The highest BCUT2D eigenvalue weighted by molar-refractivity contribution is 5.55. The first-order valence-electron chi connectivity index (χ1n) is 4.50. The summed E-state index contributed by atoms with van der Waals surface area (Å²) >= 11 is 0. The lowest BCUT2D eigenvalue weighted by atomic mass is 10.3. The van der Waals surface area contributed by atoms with Gasteiger partial charge in [0.2, 0.25) is 0 Å². The van der Waals surface area contributed by atoms with Crippen molar-refractivity contribution in [3.8, 4) is 0 Å². The Morgan fingerprint density at radius 1 is 1.12 bits per heavy atom. The van der Waals surface area contributed by atoms with Crippen molar-refractivity contribution in [2.75, 3.05) is 5.32 Å². The van der Waals surface area contributed by atoms with Gasteiger partial charge in [-0.05, 0) is 18.2 Å². The molecule has 0 amide bonds. The van der Waals surface area contributed by atoms with Gasteiger partial charge in [-0.2, -0.15) is 0 Å². The highest BCUT2D eigenvalue weighted by atomic mass is 19.1. The van der Waals surface area contributed by atoms with Crippen molar-refractivity contribution in [1.82, 2.24) is 9.97 Å². The fraction of sp³-hybridized carbons (Fsp3) is 0. The molecule has 0 radical (unpaired) electrons. The Morgan fingerprint density at radius 3 is 2.62 bits per heavy atom. The number of hydrogen-bond acceptors (Lipinski definition) is 3. The van der Waals surface area contributed by atoms with E-state index in [1.54, 1.807) is 6.07 Å². The molecule has 3 N–H and O–H groups in total. The van der Waals surface area contributed by atoms with Crippen LogP contribution in [0.1, 0.15) is 0 Å². The monoisotopic (exact) mass is 221 g/mol. The lowest BCUT2D eigenvalue weighted by molar-refractivity contribution is 0.628. The molecular formula is C10H8FN3O2. The zero-order chi connectivity index (χ0) is 11.5. The molecule has 0 aliphatic carbocycles. The van der Waals surface area contributed by atoms with Gasteiger partial charge in [0.25, 0.3) is 5.56 Å². The second-order valence-electron chi connectivity index (χ2n) is 3.14. The molecule has 0 aliphatic rings. The molecule has 0 unspecified atom stereocenters. The topological polar surface area (TPSA) is 77.8 Å². The van der Waals surface area contributed by atoms with Gasteiger partial charge in [0.15, 0.2) is 0 Å². The van der Waals surface area contributed by atoms with Crippen LogP contribution < -0.4 is 16.6 Å². The quantitative estimate of drug-likeness (QED) is 0.706. The number of H-pyrrole nitrogens is 2. The smallest absolute Gasteiger partial charge is 0.327 e. The Hall–Kier alpha value is -2.37. The highest BCUT2D eigenvalue weighted by Crippen LogP contribution is 2.12. The third-order valence-electron chi connectivity index (χ3n) is 1.86. The molecule has 0 aliphatic heterocycles. The average molecular weight is 221 g/mol. The van der Waals surface area contributed by atoms with Crippen LogP contribution in [-0.4, -0.2) is 9.97 Å². The molecule has 0 spiro atoms. The number of nitrogens with one attached hydrogen (secondary N) is 3. The molecule has 1 aromatic heterocycles. The Kier molecular flexibility index (Phi) is 2.55. The predicted octanol–water partition coefficient (Wildman–Crippen LogP) is 0.946.